The van der Waals surface area contributed by atoms with E-state index in [-0.39, 0.29) is 11.0 Å². The first-order valence-corrected chi connectivity index (χ1v) is 6.82. The number of nitrogens with zero attached hydrogens (tertiary/aromatic N) is 2. The minimum absolute atomic E-state index is 0.0904. The number of thioether (sulfide) groups is 1. The fourth-order valence-corrected chi connectivity index (χ4v) is 2.64. The van der Waals surface area contributed by atoms with Gasteiger partial charge in [0.2, 0.25) is 5.91 Å². The van der Waals surface area contributed by atoms with Gasteiger partial charge >= 0.3 is 0 Å². The van der Waals surface area contributed by atoms with Crippen molar-refractivity contribution >= 4 is 28.6 Å². The van der Waals surface area contributed by atoms with Gasteiger partial charge in [0.1, 0.15) is 6.26 Å². The first-order chi connectivity index (χ1) is 8.55. The predicted octanol–water partition coefficient (Wildman–Crippen LogP) is 2.86. The second kappa shape index (κ2) is 5.36. The van der Waals surface area contributed by atoms with E-state index in [2.05, 4.69) is 5.16 Å². The van der Waals surface area contributed by atoms with Crippen molar-refractivity contribution in [2.45, 2.75) is 51.8 Å². The molecule has 0 atom stereocenters. The van der Waals surface area contributed by atoms with Crippen LogP contribution in [0.1, 0.15) is 41.5 Å². The molecule has 0 aromatic carbocycles. The smallest absolute Gasteiger partial charge is 0.244 e. The van der Waals surface area contributed by atoms with Crippen molar-refractivity contribution in [1.29, 1.82) is 0 Å². The lowest BCUT2D eigenvalue weighted by Crippen LogP contribution is -2.53. The van der Waals surface area contributed by atoms with Crippen LogP contribution >= 0.6 is 11.8 Å². The normalized spacial score (nSPS) is 12.3. The van der Waals surface area contributed by atoms with Gasteiger partial charge in [-0.05, 0) is 34.6 Å². The Kier molecular flexibility index (Phi) is 4.45. The van der Waals surface area contributed by atoms with Crippen LogP contribution in [0.3, 0.4) is 0 Å². The standard InChI is InChI=1S/C13H20N2O3S/c1-9(16)19-13(5,6)11(17)15(12(2,3)4)10-7-8-18-14-10/h7-8H,1-6H3. The highest BCUT2D eigenvalue weighted by Crippen LogP contribution is 2.32. The Labute approximate surface area is 117 Å². The van der Waals surface area contributed by atoms with Crippen LogP contribution in [-0.4, -0.2) is 26.5 Å². The molecule has 0 aliphatic heterocycles. The lowest BCUT2D eigenvalue weighted by molar-refractivity contribution is -0.121. The van der Waals surface area contributed by atoms with E-state index < -0.39 is 10.3 Å². The van der Waals surface area contributed by atoms with Gasteiger partial charge in [0, 0.05) is 18.5 Å². The predicted molar refractivity (Wildman–Crippen MR) is 76.1 cm³/mol. The van der Waals surface area contributed by atoms with Crippen LogP contribution in [0.2, 0.25) is 0 Å². The zero-order chi connectivity index (χ0) is 14.8. The zero-order valence-electron chi connectivity index (χ0n) is 12.2. The van der Waals surface area contributed by atoms with Crippen molar-refractivity contribution in [2.24, 2.45) is 0 Å². The fraction of sp³-hybridized carbons (Fsp3) is 0.615. The molecule has 0 aliphatic carbocycles. The maximum atomic E-state index is 12.7. The van der Waals surface area contributed by atoms with Crippen LogP contribution in [0, 0.1) is 0 Å². The van der Waals surface area contributed by atoms with Crippen LogP contribution in [0.25, 0.3) is 0 Å². The molecule has 0 bridgehead atoms. The van der Waals surface area contributed by atoms with Crippen LogP contribution in [-0.2, 0) is 9.59 Å². The van der Waals surface area contributed by atoms with Crippen LogP contribution < -0.4 is 4.90 Å². The zero-order valence-corrected chi connectivity index (χ0v) is 13.0. The highest BCUT2D eigenvalue weighted by molar-refractivity contribution is 8.15. The number of hydrogen-bond acceptors (Lipinski definition) is 5. The molecule has 5 nitrogen and oxygen atoms in total. The average Bonchev–Trinajstić information content (AvgIpc) is 2.66. The molecule has 0 N–H and O–H groups in total. The maximum absolute atomic E-state index is 12.7. The molecule has 19 heavy (non-hydrogen) atoms. The number of hydrogen-bond donors (Lipinski definition) is 0. The molecule has 0 unspecified atom stereocenters. The molecule has 0 saturated heterocycles. The monoisotopic (exact) mass is 284 g/mol. The highest BCUT2D eigenvalue weighted by atomic mass is 32.2. The Morgan fingerprint density at radius 2 is 1.84 bits per heavy atom. The van der Waals surface area contributed by atoms with E-state index in [1.807, 2.05) is 20.8 Å². The molecular weight excluding hydrogens is 264 g/mol. The van der Waals surface area contributed by atoms with Gasteiger partial charge in [-0.2, -0.15) is 0 Å². The third-order valence-corrected chi connectivity index (χ3v) is 3.41. The summed E-state index contributed by atoms with van der Waals surface area (Å²) in [5, 5.41) is 3.74. The molecule has 0 fully saturated rings. The number of aromatic nitrogens is 1. The van der Waals surface area contributed by atoms with E-state index in [0.29, 0.717) is 5.82 Å². The van der Waals surface area contributed by atoms with Gasteiger partial charge < -0.3 is 4.52 Å². The van der Waals surface area contributed by atoms with E-state index in [1.54, 1.807) is 24.8 Å². The summed E-state index contributed by atoms with van der Waals surface area (Å²) in [7, 11) is 0. The molecule has 1 heterocycles. The molecule has 0 spiro atoms. The number of anilines is 1. The second-order valence-corrected chi connectivity index (χ2v) is 7.57. The summed E-state index contributed by atoms with van der Waals surface area (Å²) in [5.74, 6) is 0.281. The molecule has 0 aliphatic rings. The van der Waals surface area contributed by atoms with E-state index in [0.717, 1.165) is 11.8 Å². The maximum Gasteiger partial charge on any atom is 0.244 e. The van der Waals surface area contributed by atoms with Crippen LogP contribution in [0.4, 0.5) is 5.82 Å². The largest absolute Gasteiger partial charge is 0.363 e. The van der Waals surface area contributed by atoms with Gasteiger partial charge in [-0.3, -0.25) is 14.5 Å². The number of carbonyl (C=O) groups excluding carboxylic acids is 2. The van der Waals surface area contributed by atoms with Crippen molar-refractivity contribution in [3.63, 3.8) is 0 Å². The highest BCUT2D eigenvalue weighted by Gasteiger charge is 2.40. The van der Waals surface area contributed by atoms with Gasteiger partial charge in [0.05, 0.1) is 4.75 Å². The third kappa shape index (κ3) is 3.83. The van der Waals surface area contributed by atoms with Gasteiger partial charge in [-0.25, -0.2) is 0 Å². The quantitative estimate of drug-likeness (QED) is 0.854. The van der Waals surface area contributed by atoms with Gasteiger partial charge in [0.25, 0.3) is 0 Å². The van der Waals surface area contributed by atoms with Crippen molar-refractivity contribution in [3.8, 4) is 0 Å². The molecule has 0 saturated carbocycles. The van der Waals surface area contributed by atoms with E-state index in [4.69, 9.17) is 4.52 Å². The molecule has 0 radical (unpaired) electrons. The molecule has 106 valence electrons. The molecule has 1 amide bonds. The van der Waals surface area contributed by atoms with Crippen LogP contribution in [0.15, 0.2) is 16.9 Å². The summed E-state index contributed by atoms with van der Waals surface area (Å²) >= 11 is 1.02. The Hall–Kier alpha value is -1.30. The summed E-state index contributed by atoms with van der Waals surface area (Å²) < 4.78 is 3.97. The van der Waals surface area contributed by atoms with E-state index in [1.165, 1.54) is 13.2 Å². The van der Waals surface area contributed by atoms with Crippen molar-refractivity contribution < 1.29 is 14.1 Å². The molecule has 6 heteroatoms. The van der Waals surface area contributed by atoms with E-state index >= 15 is 0 Å². The number of amides is 1. The Morgan fingerprint density at radius 1 is 1.26 bits per heavy atom. The molecule has 1 aromatic heterocycles. The first kappa shape index (κ1) is 15.8. The van der Waals surface area contributed by atoms with Crippen molar-refractivity contribution in [1.82, 2.24) is 5.16 Å². The lowest BCUT2D eigenvalue weighted by atomic mass is 10.0. The van der Waals surface area contributed by atoms with Gasteiger partial charge in [-0.1, -0.05) is 16.9 Å². The van der Waals surface area contributed by atoms with Crippen molar-refractivity contribution in [3.05, 3.63) is 12.3 Å². The summed E-state index contributed by atoms with van der Waals surface area (Å²) in [6.45, 7) is 10.7. The fourth-order valence-electron chi connectivity index (χ4n) is 1.75. The minimum Gasteiger partial charge on any atom is -0.363 e. The molecule has 1 rings (SSSR count). The van der Waals surface area contributed by atoms with Crippen LogP contribution in [0.5, 0.6) is 0 Å². The summed E-state index contributed by atoms with van der Waals surface area (Å²) in [5.41, 5.74) is -0.456. The summed E-state index contributed by atoms with van der Waals surface area (Å²) in [6.07, 6.45) is 1.42. The Morgan fingerprint density at radius 3 is 2.21 bits per heavy atom. The molecular formula is C13H20N2O3S. The third-order valence-electron chi connectivity index (χ3n) is 2.44. The summed E-state index contributed by atoms with van der Waals surface area (Å²) in [4.78, 5) is 25.6. The SMILES string of the molecule is CC(=O)SC(C)(C)C(=O)N(c1ccon1)C(C)(C)C. The Bertz CT molecular complexity index is 461. The first-order valence-electron chi connectivity index (χ1n) is 6.00. The average molecular weight is 284 g/mol. The molecule has 1 aromatic rings. The summed E-state index contributed by atoms with van der Waals surface area (Å²) in [6, 6.07) is 1.64. The number of rotatable bonds is 3. The minimum atomic E-state index is -0.849. The van der Waals surface area contributed by atoms with E-state index in [9.17, 15) is 9.59 Å². The van der Waals surface area contributed by atoms with Gasteiger partial charge in [0.15, 0.2) is 10.9 Å². The second-order valence-electron chi connectivity index (χ2n) is 5.77. The number of carbonyl (C=O) groups is 2. The van der Waals surface area contributed by atoms with Crippen molar-refractivity contribution in [2.75, 3.05) is 4.90 Å². The Balaban J connectivity index is 3.13. The lowest BCUT2D eigenvalue weighted by Gasteiger charge is -2.38. The van der Waals surface area contributed by atoms with Gasteiger partial charge in [-0.15, -0.1) is 0 Å². The topological polar surface area (TPSA) is 63.4 Å².